The Morgan fingerprint density at radius 1 is 1.45 bits per heavy atom. The number of sulfonamides is 1. The van der Waals surface area contributed by atoms with E-state index in [2.05, 4.69) is 9.71 Å². The summed E-state index contributed by atoms with van der Waals surface area (Å²) in [5.74, 6) is 0.167. The number of aromatic nitrogens is 1. The van der Waals surface area contributed by atoms with Crippen LogP contribution in [0.15, 0.2) is 23.2 Å². The predicted molar refractivity (Wildman–Crippen MR) is 72.1 cm³/mol. The van der Waals surface area contributed by atoms with Crippen LogP contribution < -0.4 is 4.72 Å². The molecule has 20 heavy (non-hydrogen) atoms. The number of nitriles is 1. The Morgan fingerprint density at radius 2 is 2.25 bits per heavy atom. The van der Waals surface area contributed by atoms with E-state index in [4.69, 9.17) is 5.26 Å². The van der Waals surface area contributed by atoms with Crippen LogP contribution in [0.2, 0.25) is 0 Å². The maximum absolute atomic E-state index is 12.1. The highest BCUT2D eigenvalue weighted by Crippen LogP contribution is 2.23. The molecule has 1 aliphatic carbocycles. The Bertz CT molecular complexity index is 592. The molecule has 1 aromatic rings. The molecule has 6 nitrogen and oxygen atoms in total. The fraction of sp³-hybridized carbons (Fsp3) is 0.538. The van der Waals surface area contributed by atoms with E-state index in [1.807, 2.05) is 6.07 Å². The third-order valence-corrected chi connectivity index (χ3v) is 4.89. The van der Waals surface area contributed by atoms with Gasteiger partial charge < -0.3 is 5.11 Å². The molecule has 7 heteroatoms. The van der Waals surface area contributed by atoms with Crippen molar-refractivity contribution in [3.8, 4) is 6.07 Å². The van der Waals surface area contributed by atoms with Gasteiger partial charge in [0.1, 0.15) is 16.7 Å². The molecule has 1 saturated carbocycles. The van der Waals surface area contributed by atoms with E-state index in [1.54, 1.807) is 0 Å². The van der Waals surface area contributed by atoms with E-state index in [1.165, 1.54) is 18.3 Å². The van der Waals surface area contributed by atoms with Crippen LogP contribution in [0.3, 0.4) is 0 Å². The van der Waals surface area contributed by atoms with Gasteiger partial charge in [0.05, 0.1) is 6.10 Å². The van der Waals surface area contributed by atoms with Gasteiger partial charge in [0.15, 0.2) is 0 Å². The maximum atomic E-state index is 12.1. The fourth-order valence-electron chi connectivity index (χ4n) is 2.36. The minimum Gasteiger partial charge on any atom is -0.393 e. The molecule has 0 bridgehead atoms. The van der Waals surface area contributed by atoms with E-state index in [0.717, 1.165) is 19.3 Å². The van der Waals surface area contributed by atoms with Crippen LogP contribution >= 0.6 is 0 Å². The molecule has 1 aromatic heterocycles. The van der Waals surface area contributed by atoms with Gasteiger partial charge in [-0.2, -0.15) is 5.26 Å². The monoisotopic (exact) mass is 295 g/mol. The minimum atomic E-state index is -3.61. The summed E-state index contributed by atoms with van der Waals surface area (Å²) in [5, 5.41) is 18.2. The number of rotatable bonds is 4. The quantitative estimate of drug-likeness (QED) is 0.854. The normalized spacial score (nSPS) is 23.2. The minimum absolute atomic E-state index is 0.0489. The van der Waals surface area contributed by atoms with Gasteiger partial charge in [-0.25, -0.2) is 18.1 Å². The van der Waals surface area contributed by atoms with Crippen LogP contribution in [-0.2, 0) is 10.0 Å². The van der Waals surface area contributed by atoms with Gasteiger partial charge in [0.2, 0.25) is 10.0 Å². The van der Waals surface area contributed by atoms with Crippen molar-refractivity contribution in [3.05, 3.63) is 24.0 Å². The van der Waals surface area contributed by atoms with Crippen LogP contribution in [0, 0.1) is 17.2 Å². The number of aliphatic hydroxyl groups excluding tert-OH is 1. The van der Waals surface area contributed by atoms with Crippen LogP contribution in [0.25, 0.3) is 0 Å². The summed E-state index contributed by atoms with van der Waals surface area (Å²) >= 11 is 0. The average Bonchev–Trinajstić information content (AvgIpc) is 2.45. The zero-order valence-electron chi connectivity index (χ0n) is 11.0. The first-order chi connectivity index (χ1) is 9.51. The first kappa shape index (κ1) is 14.9. The topological polar surface area (TPSA) is 103 Å². The van der Waals surface area contributed by atoms with Crippen molar-refractivity contribution in [1.82, 2.24) is 9.71 Å². The first-order valence-electron chi connectivity index (χ1n) is 6.55. The maximum Gasteiger partial charge on any atom is 0.242 e. The zero-order chi connectivity index (χ0) is 14.6. The lowest BCUT2D eigenvalue weighted by Crippen LogP contribution is -2.33. The average molecular weight is 295 g/mol. The summed E-state index contributed by atoms with van der Waals surface area (Å²) in [4.78, 5) is 3.80. The highest BCUT2D eigenvalue weighted by atomic mass is 32.2. The molecule has 1 aliphatic rings. The molecule has 0 amide bonds. The van der Waals surface area contributed by atoms with E-state index < -0.39 is 10.0 Å². The SMILES string of the molecule is N#Cc1ccc(S(=O)(=O)NCC2CCCC(O)C2)cn1. The van der Waals surface area contributed by atoms with Gasteiger partial charge in [0, 0.05) is 12.7 Å². The number of pyridine rings is 1. The summed E-state index contributed by atoms with van der Waals surface area (Å²) in [5.41, 5.74) is 0.180. The second-order valence-corrected chi connectivity index (χ2v) is 6.80. The summed E-state index contributed by atoms with van der Waals surface area (Å²) in [6.07, 6.45) is 4.12. The van der Waals surface area contributed by atoms with Gasteiger partial charge in [-0.1, -0.05) is 6.42 Å². The molecule has 108 valence electrons. The Kier molecular flexibility index (Phi) is 4.70. The molecule has 0 spiro atoms. The highest BCUT2D eigenvalue weighted by Gasteiger charge is 2.22. The smallest absolute Gasteiger partial charge is 0.242 e. The molecule has 1 heterocycles. The second-order valence-electron chi connectivity index (χ2n) is 5.03. The lowest BCUT2D eigenvalue weighted by atomic mass is 9.87. The first-order valence-corrected chi connectivity index (χ1v) is 8.03. The van der Waals surface area contributed by atoms with E-state index in [0.29, 0.717) is 13.0 Å². The molecule has 0 saturated heterocycles. The molecule has 2 atom stereocenters. The van der Waals surface area contributed by atoms with Crippen molar-refractivity contribution in [2.45, 2.75) is 36.7 Å². The number of aliphatic hydroxyl groups is 1. The van der Waals surface area contributed by atoms with Crippen LogP contribution in [0.1, 0.15) is 31.4 Å². The molecule has 0 radical (unpaired) electrons. The molecule has 2 unspecified atom stereocenters. The van der Waals surface area contributed by atoms with Crippen molar-refractivity contribution in [2.75, 3.05) is 6.54 Å². The van der Waals surface area contributed by atoms with Crippen molar-refractivity contribution in [1.29, 1.82) is 5.26 Å². The zero-order valence-corrected chi connectivity index (χ0v) is 11.8. The number of hydrogen-bond donors (Lipinski definition) is 2. The molecule has 1 fully saturated rings. The van der Waals surface area contributed by atoms with Gasteiger partial charge in [-0.3, -0.25) is 0 Å². The van der Waals surface area contributed by atoms with Gasteiger partial charge in [-0.05, 0) is 37.3 Å². The van der Waals surface area contributed by atoms with Gasteiger partial charge in [-0.15, -0.1) is 0 Å². The Hall–Kier alpha value is -1.49. The third kappa shape index (κ3) is 3.76. The fourth-order valence-corrected chi connectivity index (χ4v) is 3.42. The Balaban J connectivity index is 1.98. The number of nitrogens with one attached hydrogen (secondary N) is 1. The molecule has 2 N–H and O–H groups in total. The predicted octanol–water partition coefficient (Wildman–Crippen LogP) is 0.783. The Labute approximate surface area is 118 Å². The summed E-state index contributed by atoms with van der Waals surface area (Å²) in [6, 6.07) is 4.58. The van der Waals surface area contributed by atoms with Crippen LogP contribution in [0.4, 0.5) is 0 Å². The second kappa shape index (κ2) is 6.31. The lowest BCUT2D eigenvalue weighted by Gasteiger charge is -2.25. The van der Waals surface area contributed by atoms with Crippen molar-refractivity contribution >= 4 is 10.0 Å². The largest absolute Gasteiger partial charge is 0.393 e. The van der Waals surface area contributed by atoms with Gasteiger partial charge in [0.25, 0.3) is 0 Å². The molecule has 0 aromatic carbocycles. The number of nitrogens with zero attached hydrogens (tertiary/aromatic N) is 2. The van der Waals surface area contributed by atoms with Crippen LogP contribution in [-0.4, -0.2) is 31.2 Å². The Morgan fingerprint density at radius 3 is 2.85 bits per heavy atom. The van der Waals surface area contributed by atoms with E-state index >= 15 is 0 Å². The molecule has 2 rings (SSSR count). The third-order valence-electron chi connectivity index (χ3n) is 3.48. The molecular formula is C13H17N3O3S. The van der Waals surface area contributed by atoms with E-state index in [-0.39, 0.29) is 22.6 Å². The van der Waals surface area contributed by atoms with Crippen molar-refractivity contribution < 1.29 is 13.5 Å². The summed E-state index contributed by atoms with van der Waals surface area (Å²) < 4.78 is 26.7. The molecule has 0 aliphatic heterocycles. The molecular weight excluding hydrogens is 278 g/mol. The highest BCUT2D eigenvalue weighted by molar-refractivity contribution is 7.89. The van der Waals surface area contributed by atoms with E-state index in [9.17, 15) is 13.5 Å². The van der Waals surface area contributed by atoms with Crippen molar-refractivity contribution in [2.24, 2.45) is 5.92 Å². The van der Waals surface area contributed by atoms with Gasteiger partial charge >= 0.3 is 0 Å². The summed E-state index contributed by atoms with van der Waals surface area (Å²) in [6.45, 7) is 0.319. The van der Waals surface area contributed by atoms with Crippen LogP contribution in [0.5, 0.6) is 0 Å². The number of hydrogen-bond acceptors (Lipinski definition) is 5. The summed E-state index contributed by atoms with van der Waals surface area (Å²) in [7, 11) is -3.61. The lowest BCUT2D eigenvalue weighted by molar-refractivity contribution is 0.102. The standard InChI is InChI=1S/C13H17N3O3S/c14-7-11-4-5-13(9-15-11)20(18,19)16-8-10-2-1-3-12(17)6-10/h4-5,9-10,12,16-17H,1-3,6,8H2. The van der Waals surface area contributed by atoms with Crippen molar-refractivity contribution in [3.63, 3.8) is 0 Å².